The molecule has 1 aliphatic rings. The Morgan fingerprint density at radius 3 is 2.66 bits per heavy atom. The molecule has 2 heterocycles. The largest absolute Gasteiger partial charge is 0.508 e. The van der Waals surface area contributed by atoms with Crippen LogP contribution in [-0.4, -0.2) is 20.1 Å². The number of aromatic amines is 1. The molecule has 2 N–H and O–H groups in total. The summed E-state index contributed by atoms with van der Waals surface area (Å²) in [5, 5.41) is 10.6. The number of hydrogen-bond acceptors (Lipinski definition) is 3. The number of nitrogens with one attached hydrogen (secondary N) is 1. The van der Waals surface area contributed by atoms with Crippen molar-refractivity contribution in [2.75, 3.05) is 0 Å². The zero-order chi connectivity index (χ0) is 20.0. The second-order valence-electron chi connectivity index (χ2n) is 8.29. The SMILES string of the molecule is CC(c1nc2ccc(O)cc2[nH]1)C1CCC(c2ccnc3ccc(F)cc23)CC1. The Bertz CT molecular complexity index is 1180. The first kappa shape index (κ1) is 18.1. The normalized spacial score (nSPS) is 20.9. The van der Waals surface area contributed by atoms with Gasteiger partial charge in [-0.1, -0.05) is 6.92 Å². The summed E-state index contributed by atoms with van der Waals surface area (Å²) >= 11 is 0. The van der Waals surface area contributed by atoms with E-state index in [9.17, 15) is 9.50 Å². The number of rotatable bonds is 3. The van der Waals surface area contributed by atoms with Gasteiger partial charge in [-0.3, -0.25) is 4.98 Å². The summed E-state index contributed by atoms with van der Waals surface area (Å²) in [5.41, 5.74) is 3.86. The first-order valence-electron chi connectivity index (χ1n) is 10.3. The predicted octanol–water partition coefficient (Wildman–Crippen LogP) is 6.03. The van der Waals surface area contributed by atoms with Gasteiger partial charge >= 0.3 is 0 Å². The Balaban J connectivity index is 1.34. The fourth-order valence-corrected chi connectivity index (χ4v) is 4.88. The highest BCUT2D eigenvalue weighted by atomic mass is 19.1. The van der Waals surface area contributed by atoms with Crippen LogP contribution in [0.15, 0.2) is 48.7 Å². The smallest absolute Gasteiger partial charge is 0.123 e. The van der Waals surface area contributed by atoms with Gasteiger partial charge in [0.2, 0.25) is 0 Å². The van der Waals surface area contributed by atoms with Gasteiger partial charge in [0.15, 0.2) is 0 Å². The Morgan fingerprint density at radius 1 is 1.03 bits per heavy atom. The summed E-state index contributed by atoms with van der Waals surface area (Å²) in [6.07, 6.45) is 6.26. The van der Waals surface area contributed by atoms with E-state index in [1.165, 1.54) is 11.6 Å². The van der Waals surface area contributed by atoms with Crippen LogP contribution in [0.25, 0.3) is 21.9 Å². The van der Waals surface area contributed by atoms with Gasteiger partial charge in [0.25, 0.3) is 0 Å². The third-order valence-electron chi connectivity index (χ3n) is 6.57. The number of nitrogens with zero attached hydrogens (tertiary/aromatic N) is 2. The van der Waals surface area contributed by atoms with Crippen LogP contribution in [0.4, 0.5) is 4.39 Å². The van der Waals surface area contributed by atoms with E-state index in [0.29, 0.717) is 17.8 Å². The number of H-pyrrole nitrogens is 1. The van der Waals surface area contributed by atoms with Crippen LogP contribution in [0.3, 0.4) is 0 Å². The molecule has 148 valence electrons. The Kier molecular flexibility index (Phi) is 4.46. The van der Waals surface area contributed by atoms with Gasteiger partial charge in [0, 0.05) is 23.6 Å². The van der Waals surface area contributed by atoms with Crippen molar-refractivity contribution in [3.63, 3.8) is 0 Å². The molecule has 5 rings (SSSR count). The van der Waals surface area contributed by atoms with E-state index in [-0.39, 0.29) is 11.6 Å². The van der Waals surface area contributed by atoms with Crippen molar-refractivity contribution in [1.82, 2.24) is 15.0 Å². The number of pyridine rings is 1. The summed E-state index contributed by atoms with van der Waals surface area (Å²) in [4.78, 5) is 12.5. The second kappa shape index (κ2) is 7.14. The van der Waals surface area contributed by atoms with E-state index in [4.69, 9.17) is 4.98 Å². The zero-order valence-corrected chi connectivity index (χ0v) is 16.4. The molecule has 4 nitrogen and oxygen atoms in total. The van der Waals surface area contributed by atoms with Crippen molar-refractivity contribution in [3.05, 3.63) is 65.9 Å². The molecule has 4 aromatic rings. The molecule has 0 radical (unpaired) electrons. The molecule has 5 heteroatoms. The summed E-state index contributed by atoms with van der Waals surface area (Å²) < 4.78 is 13.8. The van der Waals surface area contributed by atoms with Crippen LogP contribution in [0.5, 0.6) is 5.75 Å². The molecule has 29 heavy (non-hydrogen) atoms. The van der Waals surface area contributed by atoms with E-state index >= 15 is 0 Å². The number of benzene rings is 2. The predicted molar refractivity (Wildman–Crippen MR) is 113 cm³/mol. The van der Waals surface area contributed by atoms with E-state index < -0.39 is 0 Å². The zero-order valence-electron chi connectivity index (χ0n) is 16.4. The van der Waals surface area contributed by atoms with Crippen LogP contribution in [0.2, 0.25) is 0 Å². The number of halogens is 1. The van der Waals surface area contributed by atoms with Crippen LogP contribution in [-0.2, 0) is 0 Å². The molecule has 0 aliphatic heterocycles. The van der Waals surface area contributed by atoms with Crippen LogP contribution >= 0.6 is 0 Å². The number of aromatic nitrogens is 3. The molecule has 1 atom stereocenters. The first-order valence-corrected chi connectivity index (χ1v) is 10.3. The molecule has 0 saturated heterocycles. The minimum absolute atomic E-state index is 0.204. The van der Waals surface area contributed by atoms with Crippen molar-refractivity contribution < 1.29 is 9.50 Å². The third kappa shape index (κ3) is 3.35. The Hall–Kier alpha value is -2.95. The molecule has 2 aromatic heterocycles. The van der Waals surface area contributed by atoms with Crippen molar-refractivity contribution in [2.45, 2.75) is 44.4 Å². The summed E-state index contributed by atoms with van der Waals surface area (Å²) in [6.45, 7) is 2.24. The fraction of sp³-hybridized carbons (Fsp3) is 0.333. The Labute approximate surface area is 168 Å². The van der Waals surface area contributed by atoms with Crippen molar-refractivity contribution >= 4 is 21.9 Å². The number of phenols is 1. The van der Waals surface area contributed by atoms with Gasteiger partial charge in [-0.25, -0.2) is 9.37 Å². The van der Waals surface area contributed by atoms with E-state index in [2.05, 4.69) is 23.0 Å². The topological polar surface area (TPSA) is 61.8 Å². The van der Waals surface area contributed by atoms with Crippen LogP contribution in [0.1, 0.15) is 55.8 Å². The maximum atomic E-state index is 13.8. The average Bonchev–Trinajstić information content (AvgIpc) is 3.16. The highest BCUT2D eigenvalue weighted by Gasteiger charge is 2.29. The summed E-state index contributed by atoms with van der Waals surface area (Å²) in [6, 6.07) is 12.2. The fourth-order valence-electron chi connectivity index (χ4n) is 4.88. The lowest BCUT2D eigenvalue weighted by atomic mass is 9.73. The van der Waals surface area contributed by atoms with Crippen molar-refractivity contribution in [3.8, 4) is 5.75 Å². The first-order chi connectivity index (χ1) is 14.1. The molecule has 1 saturated carbocycles. The summed E-state index contributed by atoms with van der Waals surface area (Å²) in [5.74, 6) is 2.37. The standard InChI is InChI=1S/C24H24FN3O/c1-14(24-27-22-9-7-18(29)13-23(22)28-24)15-2-4-16(5-3-15)19-10-11-26-21-8-6-17(25)12-20(19)21/h6-16,29H,2-5H2,1H3,(H,27,28). The third-order valence-corrected chi connectivity index (χ3v) is 6.57. The van der Waals surface area contributed by atoms with Gasteiger partial charge in [0.05, 0.1) is 16.6 Å². The molecule has 1 fully saturated rings. The van der Waals surface area contributed by atoms with Crippen LogP contribution in [0, 0.1) is 11.7 Å². The minimum Gasteiger partial charge on any atom is -0.508 e. The van der Waals surface area contributed by atoms with Crippen LogP contribution < -0.4 is 0 Å². The minimum atomic E-state index is -0.204. The highest BCUT2D eigenvalue weighted by Crippen LogP contribution is 2.43. The molecule has 0 spiro atoms. The molecule has 1 unspecified atom stereocenters. The van der Waals surface area contributed by atoms with Crippen molar-refractivity contribution in [2.24, 2.45) is 5.92 Å². The maximum absolute atomic E-state index is 13.8. The van der Waals surface area contributed by atoms with E-state index in [1.54, 1.807) is 24.3 Å². The lowest BCUT2D eigenvalue weighted by Gasteiger charge is -2.32. The number of hydrogen-bond donors (Lipinski definition) is 2. The van der Waals surface area contributed by atoms with Gasteiger partial charge < -0.3 is 10.1 Å². The quantitative estimate of drug-likeness (QED) is 0.449. The molecule has 1 aliphatic carbocycles. The lowest BCUT2D eigenvalue weighted by molar-refractivity contribution is 0.286. The van der Waals surface area contributed by atoms with Gasteiger partial charge in [-0.2, -0.15) is 0 Å². The molecular weight excluding hydrogens is 365 g/mol. The summed E-state index contributed by atoms with van der Waals surface area (Å²) in [7, 11) is 0. The lowest BCUT2D eigenvalue weighted by Crippen LogP contribution is -2.19. The maximum Gasteiger partial charge on any atom is 0.123 e. The molecular formula is C24H24FN3O. The molecule has 2 aromatic carbocycles. The Morgan fingerprint density at radius 2 is 1.83 bits per heavy atom. The molecule has 0 amide bonds. The number of imidazole rings is 1. The van der Waals surface area contributed by atoms with Gasteiger partial charge in [-0.15, -0.1) is 0 Å². The number of fused-ring (bicyclic) bond motifs is 2. The van der Waals surface area contributed by atoms with E-state index in [1.807, 2.05) is 12.3 Å². The second-order valence-corrected chi connectivity index (χ2v) is 8.29. The van der Waals surface area contributed by atoms with E-state index in [0.717, 1.165) is 53.4 Å². The van der Waals surface area contributed by atoms with Gasteiger partial charge in [0.1, 0.15) is 17.4 Å². The van der Waals surface area contributed by atoms with Gasteiger partial charge in [-0.05, 0) is 79.5 Å². The number of aromatic hydroxyl groups is 1. The highest BCUT2D eigenvalue weighted by molar-refractivity contribution is 5.82. The number of phenolic OH excluding ortho intramolecular Hbond substituents is 1. The monoisotopic (exact) mass is 389 g/mol. The molecule has 0 bridgehead atoms. The average molecular weight is 389 g/mol. The van der Waals surface area contributed by atoms with Crippen molar-refractivity contribution in [1.29, 1.82) is 0 Å².